The van der Waals surface area contributed by atoms with Crippen LogP contribution in [0.25, 0.3) is 11.4 Å². The molecule has 1 N–H and O–H groups in total. The van der Waals surface area contributed by atoms with Gasteiger partial charge in [-0.25, -0.2) is 4.98 Å². The molecular formula is C21H23F3N4O3. The number of aromatic nitrogens is 4. The van der Waals surface area contributed by atoms with Gasteiger partial charge in [0, 0.05) is 0 Å². The predicted molar refractivity (Wildman–Crippen MR) is 105 cm³/mol. The van der Waals surface area contributed by atoms with E-state index in [9.17, 15) is 18.3 Å². The molecule has 1 aliphatic rings. The first-order valence-corrected chi connectivity index (χ1v) is 9.76. The lowest BCUT2D eigenvalue weighted by Gasteiger charge is -2.31. The highest BCUT2D eigenvalue weighted by atomic mass is 19.4. The Labute approximate surface area is 177 Å². The topological polar surface area (TPSA) is 74.3 Å². The zero-order chi connectivity index (χ0) is 22.4. The number of halogens is 3. The Kier molecular flexibility index (Phi) is 5.30. The van der Waals surface area contributed by atoms with Crippen LogP contribution in [-0.4, -0.2) is 37.7 Å². The molecule has 0 spiro atoms. The lowest BCUT2D eigenvalue weighted by atomic mass is 10.0. The smallest absolute Gasteiger partial charge is 0.424 e. The van der Waals surface area contributed by atoms with Crippen molar-refractivity contribution < 1.29 is 27.8 Å². The molecule has 4 rings (SSSR count). The molecule has 0 bridgehead atoms. The summed E-state index contributed by atoms with van der Waals surface area (Å²) in [6.07, 6.45) is -3.49. The summed E-state index contributed by atoms with van der Waals surface area (Å²) in [5.41, 5.74) is -0.290. The third-order valence-electron chi connectivity index (χ3n) is 5.43. The van der Waals surface area contributed by atoms with E-state index in [1.54, 1.807) is 24.8 Å². The molecule has 10 heteroatoms. The number of imidazole rings is 1. The van der Waals surface area contributed by atoms with Crippen LogP contribution in [0, 0.1) is 0 Å². The molecule has 0 radical (unpaired) electrons. The van der Waals surface area contributed by atoms with Crippen LogP contribution < -0.4 is 4.74 Å². The summed E-state index contributed by atoms with van der Waals surface area (Å²) in [5, 5.41) is 14.7. The van der Waals surface area contributed by atoms with Crippen molar-refractivity contribution in [3.8, 4) is 17.1 Å². The van der Waals surface area contributed by atoms with Crippen molar-refractivity contribution in [1.82, 2.24) is 19.3 Å². The van der Waals surface area contributed by atoms with Crippen LogP contribution in [0.3, 0.4) is 0 Å². The van der Waals surface area contributed by atoms with Gasteiger partial charge in [0.1, 0.15) is 5.75 Å². The second kappa shape index (κ2) is 7.69. The normalized spacial score (nSPS) is 17.7. The summed E-state index contributed by atoms with van der Waals surface area (Å²) < 4.78 is 54.2. The van der Waals surface area contributed by atoms with Gasteiger partial charge in [-0.2, -0.15) is 18.3 Å². The summed E-state index contributed by atoms with van der Waals surface area (Å²) in [4.78, 5) is 3.92. The van der Waals surface area contributed by atoms with Crippen molar-refractivity contribution >= 4 is 0 Å². The Hall–Kier alpha value is -2.85. The van der Waals surface area contributed by atoms with Crippen molar-refractivity contribution in [2.24, 2.45) is 0 Å². The monoisotopic (exact) mass is 436 g/mol. The summed E-state index contributed by atoms with van der Waals surface area (Å²) >= 11 is 0. The average Bonchev–Trinajstić information content (AvgIpc) is 3.32. The van der Waals surface area contributed by atoms with Gasteiger partial charge >= 0.3 is 6.18 Å². The fraction of sp³-hybridized carbons (Fsp3) is 0.429. The molecule has 7 nitrogen and oxygen atoms in total. The lowest BCUT2D eigenvalue weighted by Crippen LogP contribution is -2.42. The number of benzene rings is 1. The van der Waals surface area contributed by atoms with Crippen molar-refractivity contribution in [3.63, 3.8) is 0 Å². The maximum Gasteiger partial charge on any atom is 0.424 e. The molecule has 0 unspecified atom stereocenters. The molecule has 0 fully saturated rings. The van der Waals surface area contributed by atoms with Gasteiger partial charge in [0.05, 0.1) is 56.2 Å². The van der Waals surface area contributed by atoms with Crippen molar-refractivity contribution in [3.05, 3.63) is 53.6 Å². The number of hydrogen-bond donors (Lipinski definition) is 1. The van der Waals surface area contributed by atoms with Crippen LogP contribution in [0.5, 0.6) is 5.75 Å². The Balaban J connectivity index is 1.53. The molecule has 2 aromatic heterocycles. The molecule has 1 aliphatic heterocycles. The number of alkyl halides is 3. The maximum absolute atomic E-state index is 13.4. The van der Waals surface area contributed by atoms with E-state index in [2.05, 4.69) is 10.1 Å². The van der Waals surface area contributed by atoms with Gasteiger partial charge < -0.3 is 19.1 Å². The minimum Gasteiger partial charge on any atom is -0.497 e. The highest BCUT2D eigenvalue weighted by molar-refractivity contribution is 5.57. The average molecular weight is 436 g/mol. The third-order valence-corrected chi connectivity index (χ3v) is 5.43. The SMILES string of the molecule is COc1ccc(COCc2cc3n(n2)C[C@H](C)n2c-3cnc2[C@@](C)(O)C(F)(F)F)cc1. The fourth-order valence-corrected chi connectivity index (χ4v) is 3.70. The van der Waals surface area contributed by atoms with Crippen LogP contribution in [0.2, 0.25) is 0 Å². The molecule has 0 saturated carbocycles. The van der Waals surface area contributed by atoms with Crippen LogP contribution in [0.4, 0.5) is 13.2 Å². The molecule has 1 aromatic carbocycles. The number of fused-ring (bicyclic) bond motifs is 3. The first-order chi connectivity index (χ1) is 14.6. The van der Waals surface area contributed by atoms with E-state index in [0.29, 0.717) is 30.2 Å². The van der Waals surface area contributed by atoms with Crippen LogP contribution in [0.15, 0.2) is 36.5 Å². The highest BCUT2D eigenvalue weighted by Gasteiger charge is 2.55. The van der Waals surface area contributed by atoms with Gasteiger partial charge in [0.15, 0.2) is 5.82 Å². The molecule has 0 saturated heterocycles. The number of ether oxygens (including phenoxy) is 2. The molecule has 0 amide bonds. The van der Waals surface area contributed by atoms with Crippen molar-refractivity contribution in [2.45, 2.75) is 51.4 Å². The number of nitrogens with zero attached hydrogens (tertiary/aromatic N) is 4. The minimum absolute atomic E-state index is 0.252. The van der Waals surface area contributed by atoms with E-state index in [1.807, 2.05) is 24.3 Å². The summed E-state index contributed by atoms with van der Waals surface area (Å²) in [6.45, 7) is 3.49. The zero-order valence-corrected chi connectivity index (χ0v) is 17.3. The molecule has 2 atom stereocenters. The molecule has 0 aliphatic carbocycles. The second-order valence-corrected chi connectivity index (χ2v) is 7.80. The lowest BCUT2D eigenvalue weighted by molar-refractivity contribution is -0.262. The van der Waals surface area contributed by atoms with E-state index in [1.165, 1.54) is 10.8 Å². The standard InChI is InChI=1S/C21H23F3N4O3/c1-13-10-27-17(18-9-25-19(28(13)18)20(2,29)21(22,23)24)8-15(26-27)12-31-11-14-4-6-16(30-3)7-5-14/h4-9,13,29H,10-12H2,1-3H3/t13-,20+/m0/s1. The van der Waals surface area contributed by atoms with Crippen molar-refractivity contribution in [1.29, 1.82) is 0 Å². The van der Waals surface area contributed by atoms with Crippen LogP contribution in [0.1, 0.15) is 37.0 Å². The minimum atomic E-state index is -4.84. The van der Waals surface area contributed by atoms with E-state index >= 15 is 0 Å². The second-order valence-electron chi connectivity index (χ2n) is 7.80. The Bertz CT molecular complexity index is 1070. The van der Waals surface area contributed by atoms with Gasteiger partial charge in [-0.3, -0.25) is 4.68 Å². The molecule has 3 heterocycles. The predicted octanol–water partition coefficient (Wildman–Crippen LogP) is 3.82. The summed E-state index contributed by atoms with van der Waals surface area (Å²) in [6, 6.07) is 8.94. The van der Waals surface area contributed by atoms with Gasteiger partial charge in [-0.05, 0) is 37.6 Å². The fourth-order valence-electron chi connectivity index (χ4n) is 3.70. The van der Waals surface area contributed by atoms with Gasteiger partial charge in [0.25, 0.3) is 0 Å². The molecular weight excluding hydrogens is 413 g/mol. The Morgan fingerprint density at radius 1 is 1.16 bits per heavy atom. The van der Waals surface area contributed by atoms with E-state index in [4.69, 9.17) is 9.47 Å². The number of methoxy groups -OCH3 is 1. The third kappa shape index (κ3) is 3.81. The number of rotatable bonds is 6. The number of aliphatic hydroxyl groups is 1. The number of hydrogen-bond acceptors (Lipinski definition) is 5. The van der Waals surface area contributed by atoms with Crippen LogP contribution >= 0.6 is 0 Å². The van der Waals surface area contributed by atoms with E-state index < -0.39 is 17.6 Å². The van der Waals surface area contributed by atoms with Gasteiger partial charge in [-0.1, -0.05) is 12.1 Å². The molecule has 31 heavy (non-hydrogen) atoms. The zero-order valence-electron chi connectivity index (χ0n) is 17.3. The van der Waals surface area contributed by atoms with Crippen molar-refractivity contribution in [2.75, 3.05) is 7.11 Å². The highest BCUT2D eigenvalue weighted by Crippen LogP contribution is 2.42. The molecule has 3 aromatic rings. The van der Waals surface area contributed by atoms with E-state index in [0.717, 1.165) is 18.2 Å². The summed E-state index contributed by atoms with van der Waals surface area (Å²) in [7, 11) is 1.60. The first kappa shape index (κ1) is 21.4. The van der Waals surface area contributed by atoms with Gasteiger partial charge in [-0.15, -0.1) is 0 Å². The van der Waals surface area contributed by atoms with Gasteiger partial charge in [0.2, 0.25) is 5.60 Å². The van der Waals surface area contributed by atoms with E-state index in [-0.39, 0.29) is 12.6 Å². The van der Waals surface area contributed by atoms with Crippen LogP contribution in [-0.2, 0) is 30.1 Å². The summed E-state index contributed by atoms with van der Waals surface area (Å²) in [5.74, 6) is 0.340. The maximum atomic E-state index is 13.4. The first-order valence-electron chi connectivity index (χ1n) is 9.76. The Morgan fingerprint density at radius 3 is 2.52 bits per heavy atom. The largest absolute Gasteiger partial charge is 0.497 e. The molecule has 166 valence electrons. The quantitative estimate of drug-likeness (QED) is 0.636. The Morgan fingerprint density at radius 2 is 1.87 bits per heavy atom.